The van der Waals surface area contributed by atoms with Crippen LogP contribution < -0.4 is 9.47 Å². The van der Waals surface area contributed by atoms with Crippen LogP contribution in [0.25, 0.3) is 0 Å². The number of carbonyl (C=O) groups is 2. The third-order valence-corrected chi connectivity index (χ3v) is 5.22. The molecule has 2 aliphatic rings. The fourth-order valence-electron chi connectivity index (χ4n) is 3.72. The zero-order valence-corrected chi connectivity index (χ0v) is 14.7. The standard InChI is InChI=1S/C19H25NO5/c1-12-10-20(11-15(12)19(22)23)18(21)13-7-8-16(24-2)17(9-13)25-14-5-3-4-6-14/h7-9,12,14-15H,3-6,10-11H2,1-2H3,(H,22,23)/t12-,15-/m1/s1. The first-order valence-electron chi connectivity index (χ1n) is 8.86. The number of hydrogen-bond acceptors (Lipinski definition) is 4. The molecule has 2 fully saturated rings. The van der Waals surface area contributed by atoms with Gasteiger partial charge in [0.25, 0.3) is 5.91 Å². The fraction of sp³-hybridized carbons (Fsp3) is 0.579. The summed E-state index contributed by atoms with van der Waals surface area (Å²) in [6, 6.07) is 5.17. The number of methoxy groups -OCH3 is 1. The summed E-state index contributed by atoms with van der Waals surface area (Å²) < 4.78 is 11.4. The molecule has 0 spiro atoms. The summed E-state index contributed by atoms with van der Waals surface area (Å²) in [6.07, 6.45) is 4.53. The maximum atomic E-state index is 12.8. The van der Waals surface area contributed by atoms with Crippen molar-refractivity contribution in [3.05, 3.63) is 23.8 Å². The molecule has 6 heteroatoms. The molecule has 1 aromatic rings. The van der Waals surface area contributed by atoms with Crippen LogP contribution in [0, 0.1) is 11.8 Å². The lowest BCUT2D eigenvalue weighted by molar-refractivity contribution is -0.142. The lowest BCUT2D eigenvalue weighted by Gasteiger charge is -2.19. The number of aliphatic carboxylic acids is 1. The highest BCUT2D eigenvalue weighted by Crippen LogP contribution is 2.33. The van der Waals surface area contributed by atoms with Crippen LogP contribution in [0.5, 0.6) is 11.5 Å². The average Bonchev–Trinajstić information content (AvgIpc) is 3.23. The van der Waals surface area contributed by atoms with E-state index in [2.05, 4.69) is 0 Å². The largest absolute Gasteiger partial charge is 0.493 e. The van der Waals surface area contributed by atoms with Crippen molar-refractivity contribution in [2.45, 2.75) is 38.7 Å². The van der Waals surface area contributed by atoms with Crippen molar-refractivity contribution in [3.8, 4) is 11.5 Å². The van der Waals surface area contributed by atoms with Gasteiger partial charge in [-0.3, -0.25) is 9.59 Å². The molecule has 3 rings (SSSR count). The SMILES string of the molecule is COc1ccc(C(=O)N2C[C@@H](C)[C@H](C(=O)O)C2)cc1OC1CCCC1. The molecule has 0 bridgehead atoms. The van der Waals surface area contributed by atoms with Crippen LogP contribution in [-0.4, -0.2) is 48.2 Å². The molecule has 0 aromatic heterocycles. The number of rotatable bonds is 5. The van der Waals surface area contributed by atoms with E-state index in [0.717, 1.165) is 25.7 Å². The minimum Gasteiger partial charge on any atom is -0.493 e. The van der Waals surface area contributed by atoms with Crippen LogP contribution >= 0.6 is 0 Å². The van der Waals surface area contributed by atoms with Crippen LogP contribution in [0.1, 0.15) is 43.0 Å². The number of hydrogen-bond donors (Lipinski definition) is 1. The number of carboxylic acid groups (broad SMARTS) is 1. The number of amides is 1. The zero-order valence-electron chi connectivity index (χ0n) is 14.7. The van der Waals surface area contributed by atoms with Crippen LogP contribution in [-0.2, 0) is 4.79 Å². The normalized spacial score (nSPS) is 23.7. The smallest absolute Gasteiger partial charge is 0.308 e. The van der Waals surface area contributed by atoms with Gasteiger partial charge in [0.1, 0.15) is 0 Å². The monoisotopic (exact) mass is 347 g/mol. The number of ether oxygens (including phenoxy) is 2. The molecule has 136 valence electrons. The quantitative estimate of drug-likeness (QED) is 0.886. The Bertz CT molecular complexity index is 653. The summed E-state index contributed by atoms with van der Waals surface area (Å²) >= 11 is 0. The number of benzene rings is 1. The first-order chi connectivity index (χ1) is 12.0. The van der Waals surface area contributed by atoms with Crippen LogP contribution in [0.3, 0.4) is 0 Å². The topological polar surface area (TPSA) is 76.1 Å². The zero-order chi connectivity index (χ0) is 18.0. The lowest BCUT2D eigenvalue weighted by Crippen LogP contribution is -2.30. The minimum absolute atomic E-state index is 0.0473. The summed E-state index contributed by atoms with van der Waals surface area (Å²) in [6.45, 7) is 2.58. The lowest BCUT2D eigenvalue weighted by atomic mass is 9.99. The Labute approximate surface area is 147 Å². The van der Waals surface area contributed by atoms with Crippen molar-refractivity contribution in [1.29, 1.82) is 0 Å². The Morgan fingerprint density at radius 3 is 2.48 bits per heavy atom. The number of carboxylic acids is 1. The van der Waals surface area contributed by atoms with E-state index in [9.17, 15) is 14.7 Å². The van der Waals surface area contributed by atoms with E-state index >= 15 is 0 Å². The molecule has 2 atom stereocenters. The van der Waals surface area contributed by atoms with E-state index in [4.69, 9.17) is 9.47 Å². The highest BCUT2D eigenvalue weighted by atomic mass is 16.5. The van der Waals surface area contributed by atoms with E-state index in [-0.39, 0.29) is 24.5 Å². The molecule has 1 aromatic carbocycles. The molecule has 1 N–H and O–H groups in total. The summed E-state index contributed by atoms with van der Waals surface area (Å²) in [5.41, 5.74) is 0.507. The van der Waals surface area contributed by atoms with Crippen molar-refractivity contribution in [2.75, 3.05) is 20.2 Å². The van der Waals surface area contributed by atoms with Gasteiger partial charge in [-0.25, -0.2) is 0 Å². The maximum Gasteiger partial charge on any atom is 0.308 e. The summed E-state index contributed by atoms with van der Waals surface area (Å²) in [5.74, 6) is -0.355. The van der Waals surface area contributed by atoms with Gasteiger partial charge < -0.3 is 19.5 Å². The van der Waals surface area contributed by atoms with Gasteiger partial charge >= 0.3 is 5.97 Å². The van der Waals surface area contributed by atoms with Crippen molar-refractivity contribution in [3.63, 3.8) is 0 Å². The molecule has 1 saturated carbocycles. The second-order valence-corrected chi connectivity index (χ2v) is 7.02. The number of likely N-dealkylation sites (tertiary alicyclic amines) is 1. The molecular formula is C19H25NO5. The molecule has 1 aliphatic carbocycles. The van der Waals surface area contributed by atoms with Crippen molar-refractivity contribution < 1.29 is 24.2 Å². The van der Waals surface area contributed by atoms with Gasteiger partial charge in [0.2, 0.25) is 0 Å². The first kappa shape index (κ1) is 17.6. The third-order valence-electron chi connectivity index (χ3n) is 5.22. The molecule has 0 radical (unpaired) electrons. The summed E-state index contributed by atoms with van der Waals surface area (Å²) in [7, 11) is 1.58. The molecular weight excluding hydrogens is 322 g/mol. The van der Waals surface area contributed by atoms with Gasteiger partial charge in [-0.05, 0) is 49.8 Å². The molecule has 0 unspecified atom stereocenters. The van der Waals surface area contributed by atoms with Gasteiger partial charge in [0, 0.05) is 18.7 Å². The highest BCUT2D eigenvalue weighted by Gasteiger charge is 2.37. The van der Waals surface area contributed by atoms with Crippen LogP contribution in [0.2, 0.25) is 0 Å². The Morgan fingerprint density at radius 1 is 1.16 bits per heavy atom. The molecule has 1 heterocycles. The van der Waals surface area contributed by atoms with E-state index in [1.165, 1.54) is 0 Å². The van der Waals surface area contributed by atoms with Gasteiger partial charge in [-0.15, -0.1) is 0 Å². The van der Waals surface area contributed by atoms with E-state index < -0.39 is 11.9 Å². The Kier molecular flexibility index (Phi) is 5.16. The highest BCUT2D eigenvalue weighted by molar-refractivity contribution is 5.95. The minimum atomic E-state index is -0.845. The fourth-order valence-corrected chi connectivity index (χ4v) is 3.72. The van der Waals surface area contributed by atoms with Crippen molar-refractivity contribution in [2.24, 2.45) is 11.8 Å². The maximum absolute atomic E-state index is 12.8. The number of nitrogens with zero attached hydrogens (tertiary/aromatic N) is 1. The molecule has 25 heavy (non-hydrogen) atoms. The van der Waals surface area contributed by atoms with Gasteiger partial charge in [0.05, 0.1) is 19.1 Å². The third kappa shape index (κ3) is 3.72. The van der Waals surface area contributed by atoms with E-state index in [1.807, 2.05) is 6.92 Å². The van der Waals surface area contributed by atoms with Crippen molar-refractivity contribution >= 4 is 11.9 Å². The second-order valence-electron chi connectivity index (χ2n) is 7.02. The Balaban J connectivity index is 1.77. The van der Waals surface area contributed by atoms with E-state index in [1.54, 1.807) is 30.2 Å². The average molecular weight is 347 g/mol. The first-order valence-corrected chi connectivity index (χ1v) is 8.86. The second kappa shape index (κ2) is 7.33. The van der Waals surface area contributed by atoms with Crippen LogP contribution in [0.4, 0.5) is 0 Å². The summed E-state index contributed by atoms with van der Waals surface area (Å²) in [4.78, 5) is 25.7. The van der Waals surface area contributed by atoms with Gasteiger partial charge in [0.15, 0.2) is 11.5 Å². The molecule has 1 saturated heterocycles. The van der Waals surface area contributed by atoms with Crippen molar-refractivity contribution in [1.82, 2.24) is 4.90 Å². The summed E-state index contributed by atoms with van der Waals surface area (Å²) in [5, 5.41) is 9.25. The predicted octanol–water partition coefficient (Wildman–Crippen LogP) is 2.81. The Morgan fingerprint density at radius 2 is 1.88 bits per heavy atom. The molecule has 6 nitrogen and oxygen atoms in total. The van der Waals surface area contributed by atoms with Gasteiger partial charge in [-0.2, -0.15) is 0 Å². The van der Waals surface area contributed by atoms with Gasteiger partial charge in [-0.1, -0.05) is 6.92 Å². The molecule has 1 amide bonds. The predicted molar refractivity (Wildman–Crippen MR) is 92.1 cm³/mol. The van der Waals surface area contributed by atoms with E-state index in [0.29, 0.717) is 23.6 Å². The van der Waals surface area contributed by atoms with Crippen LogP contribution in [0.15, 0.2) is 18.2 Å². The number of carbonyl (C=O) groups excluding carboxylic acids is 1. The Hall–Kier alpha value is -2.24. The molecule has 1 aliphatic heterocycles.